The molecular weight excluding hydrogens is 292 g/mol. The molecule has 0 aromatic heterocycles. The van der Waals surface area contributed by atoms with Crippen LogP contribution < -0.4 is 11.3 Å². The molecule has 0 aliphatic heterocycles. The van der Waals surface area contributed by atoms with Crippen LogP contribution in [0.1, 0.15) is 50.5 Å². The van der Waals surface area contributed by atoms with E-state index in [4.69, 9.17) is 10.6 Å². The standard InChI is InChI=1S/C18H26N2O3/c19-20-18(22)16(11-14-7-3-1-4-8-14)12-17(21)23-13-15-9-5-2-6-10-15/h2,5-6,9-10,14,16H,1,3-4,7-8,11-13,19H2,(H,20,22)/t16-/m1/s1. The Labute approximate surface area is 137 Å². The van der Waals surface area contributed by atoms with Gasteiger partial charge >= 0.3 is 5.97 Å². The summed E-state index contributed by atoms with van der Waals surface area (Å²) in [5.74, 6) is 4.76. The van der Waals surface area contributed by atoms with Gasteiger partial charge < -0.3 is 4.74 Å². The number of hydrogen-bond acceptors (Lipinski definition) is 4. The van der Waals surface area contributed by atoms with Crippen molar-refractivity contribution < 1.29 is 14.3 Å². The Bertz CT molecular complexity index is 498. The minimum Gasteiger partial charge on any atom is -0.461 e. The quantitative estimate of drug-likeness (QED) is 0.350. The van der Waals surface area contributed by atoms with Crippen LogP contribution >= 0.6 is 0 Å². The van der Waals surface area contributed by atoms with Crippen molar-refractivity contribution in [1.82, 2.24) is 5.43 Å². The molecule has 1 atom stereocenters. The van der Waals surface area contributed by atoms with Gasteiger partial charge in [0.2, 0.25) is 5.91 Å². The molecule has 1 amide bonds. The van der Waals surface area contributed by atoms with Gasteiger partial charge in [-0.25, -0.2) is 5.84 Å². The second-order valence-electron chi connectivity index (χ2n) is 6.30. The molecule has 3 N–H and O–H groups in total. The van der Waals surface area contributed by atoms with Crippen molar-refractivity contribution in [3.8, 4) is 0 Å². The van der Waals surface area contributed by atoms with Crippen LogP contribution in [0.25, 0.3) is 0 Å². The van der Waals surface area contributed by atoms with E-state index in [1.165, 1.54) is 19.3 Å². The van der Waals surface area contributed by atoms with Crippen LogP contribution in [0.15, 0.2) is 30.3 Å². The van der Waals surface area contributed by atoms with Gasteiger partial charge in [0, 0.05) is 5.92 Å². The number of rotatable bonds is 7. The summed E-state index contributed by atoms with van der Waals surface area (Å²) in [5.41, 5.74) is 3.13. The van der Waals surface area contributed by atoms with E-state index in [0.29, 0.717) is 12.3 Å². The number of carbonyl (C=O) groups is 2. The maximum atomic E-state index is 12.0. The third-order valence-electron chi connectivity index (χ3n) is 4.51. The Hall–Kier alpha value is -1.88. The number of nitrogens with two attached hydrogens (primary N) is 1. The van der Waals surface area contributed by atoms with Crippen molar-refractivity contribution in [3.63, 3.8) is 0 Å². The average molecular weight is 318 g/mol. The second-order valence-corrected chi connectivity index (χ2v) is 6.30. The third kappa shape index (κ3) is 6.02. The highest BCUT2D eigenvalue weighted by atomic mass is 16.5. The number of hydrazine groups is 1. The van der Waals surface area contributed by atoms with E-state index in [-0.39, 0.29) is 24.9 Å². The number of ether oxygens (including phenoxy) is 1. The minimum atomic E-state index is -0.397. The third-order valence-corrected chi connectivity index (χ3v) is 4.51. The summed E-state index contributed by atoms with van der Waals surface area (Å²) in [6.07, 6.45) is 6.75. The summed E-state index contributed by atoms with van der Waals surface area (Å²) in [4.78, 5) is 24.0. The Morgan fingerprint density at radius 1 is 1.17 bits per heavy atom. The van der Waals surface area contributed by atoms with Crippen molar-refractivity contribution >= 4 is 11.9 Å². The molecule has 2 rings (SSSR count). The first kappa shape index (κ1) is 17.5. The molecular formula is C18H26N2O3. The first-order valence-corrected chi connectivity index (χ1v) is 8.39. The van der Waals surface area contributed by atoms with Crippen LogP contribution in [0.5, 0.6) is 0 Å². The SMILES string of the molecule is NNC(=O)[C@@H](CC(=O)OCc1ccccc1)CC1CCCCC1. The second kappa shape index (κ2) is 9.30. The van der Waals surface area contributed by atoms with Crippen molar-refractivity contribution in [2.75, 3.05) is 0 Å². The lowest BCUT2D eigenvalue weighted by molar-refractivity contribution is -0.148. The first-order chi connectivity index (χ1) is 11.2. The van der Waals surface area contributed by atoms with E-state index in [1.54, 1.807) is 0 Å². The number of esters is 1. The highest BCUT2D eigenvalue weighted by Gasteiger charge is 2.26. The fourth-order valence-electron chi connectivity index (χ4n) is 3.22. The molecule has 23 heavy (non-hydrogen) atoms. The van der Waals surface area contributed by atoms with Gasteiger partial charge in [0.25, 0.3) is 0 Å². The smallest absolute Gasteiger partial charge is 0.306 e. The molecule has 0 heterocycles. The summed E-state index contributed by atoms with van der Waals surface area (Å²) in [6, 6.07) is 9.52. The van der Waals surface area contributed by atoms with Crippen molar-refractivity contribution in [1.29, 1.82) is 0 Å². The molecule has 1 saturated carbocycles. The lowest BCUT2D eigenvalue weighted by Gasteiger charge is -2.25. The summed E-state index contributed by atoms with van der Waals surface area (Å²) >= 11 is 0. The summed E-state index contributed by atoms with van der Waals surface area (Å²) in [6.45, 7) is 0.236. The zero-order valence-corrected chi connectivity index (χ0v) is 13.5. The number of amides is 1. The molecule has 1 fully saturated rings. The molecule has 126 valence electrons. The van der Waals surface area contributed by atoms with Gasteiger partial charge in [-0.05, 0) is 17.9 Å². The predicted octanol–water partition coefficient (Wildman–Crippen LogP) is 2.70. The Balaban J connectivity index is 1.83. The summed E-state index contributed by atoms with van der Waals surface area (Å²) in [7, 11) is 0. The lowest BCUT2D eigenvalue weighted by Crippen LogP contribution is -2.38. The molecule has 0 radical (unpaired) electrons. The van der Waals surface area contributed by atoms with Crippen LogP contribution in [0.4, 0.5) is 0 Å². The molecule has 1 aliphatic carbocycles. The van der Waals surface area contributed by atoms with Gasteiger partial charge in [-0.1, -0.05) is 62.4 Å². The van der Waals surface area contributed by atoms with Crippen molar-refractivity contribution in [2.24, 2.45) is 17.7 Å². The monoisotopic (exact) mass is 318 g/mol. The Kier molecular flexibility index (Phi) is 7.07. The van der Waals surface area contributed by atoms with Crippen LogP contribution in [-0.4, -0.2) is 11.9 Å². The molecule has 0 spiro atoms. The molecule has 1 aromatic rings. The predicted molar refractivity (Wildman–Crippen MR) is 87.9 cm³/mol. The Morgan fingerprint density at radius 3 is 2.52 bits per heavy atom. The fraction of sp³-hybridized carbons (Fsp3) is 0.556. The van der Waals surface area contributed by atoms with Crippen LogP contribution in [-0.2, 0) is 20.9 Å². The minimum absolute atomic E-state index is 0.0896. The van der Waals surface area contributed by atoms with E-state index in [1.807, 2.05) is 30.3 Å². The normalized spacial score (nSPS) is 16.6. The zero-order chi connectivity index (χ0) is 16.5. The van der Waals surface area contributed by atoms with E-state index in [2.05, 4.69) is 5.43 Å². The number of nitrogens with one attached hydrogen (secondary N) is 1. The number of benzene rings is 1. The van der Waals surface area contributed by atoms with Gasteiger partial charge in [0.15, 0.2) is 0 Å². The topological polar surface area (TPSA) is 81.4 Å². The molecule has 1 aromatic carbocycles. The van der Waals surface area contributed by atoms with Gasteiger partial charge in [0.1, 0.15) is 6.61 Å². The van der Waals surface area contributed by atoms with Crippen molar-refractivity contribution in [2.45, 2.75) is 51.6 Å². The van der Waals surface area contributed by atoms with E-state index >= 15 is 0 Å². The molecule has 0 unspecified atom stereocenters. The lowest BCUT2D eigenvalue weighted by atomic mass is 9.81. The van der Waals surface area contributed by atoms with Crippen LogP contribution in [0.3, 0.4) is 0 Å². The van der Waals surface area contributed by atoms with Gasteiger partial charge in [-0.3, -0.25) is 15.0 Å². The van der Waals surface area contributed by atoms with E-state index in [0.717, 1.165) is 18.4 Å². The molecule has 0 saturated heterocycles. The Morgan fingerprint density at radius 2 is 1.87 bits per heavy atom. The highest BCUT2D eigenvalue weighted by Crippen LogP contribution is 2.30. The van der Waals surface area contributed by atoms with Gasteiger partial charge in [-0.15, -0.1) is 0 Å². The molecule has 5 heteroatoms. The molecule has 1 aliphatic rings. The average Bonchev–Trinajstić information content (AvgIpc) is 2.60. The fourth-order valence-corrected chi connectivity index (χ4v) is 3.22. The van der Waals surface area contributed by atoms with Crippen LogP contribution in [0, 0.1) is 11.8 Å². The molecule has 5 nitrogen and oxygen atoms in total. The highest BCUT2D eigenvalue weighted by molar-refractivity contribution is 5.83. The van der Waals surface area contributed by atoms with E-state index < -0.39 is 5.92 Å². The van der Waals surface area contributed by atoms with E-state index in [9.17, 15) is 9.59 Å². The number of carbonyl (C=O) groups excluding carboxylic acids is 2. The zero-order valence-electron chi connectivity index (χ0n) is 13.5. The number of hydrogen-bond donors (Lipinski definition) is 2. The summed E-state index contributed by atoms with van der Waals surface area (Å²) < 4.78 is 5.28. The largest absolute Gasteiger partial charge is 0.461 e. The maximum absolute atomic E-state index is 12.0. The van der Waals surface area contributed by atoms with Crippen LogP contribution in [0.2, 0.25) is 0 Å². The molecule has 0 bridgehead atoms. The van der Waals surface area contributed by atoms with Gasteiger partial charge in [-0.2, -0.15) is 0 Å². The van der Waals surface area contributed by atoms with Gasteiger partial charge in [0.05, 0.1) is 6.42 Å². The first-order valence-electron chi connectivity index (χ1n) is 8.39. The summed E-state index contributed by atoms with van der Waals surface area (Å²) in [5, 5.41) is 0. The van der Waals surface area contributed by atoms with Crippen molar-refractivity contribution in [3.05, 3.63) is 35.9 Å². The maximum Gasteiger partial charge on any atom is 0.306 e.